The van der Waals surface area contributed by atoms with E-state index < -0.39 is 0 Å². The summed E-state index contributed by atoms with van der Waals surface area (Å²) in [5.41, 5.74) is 10.2. The Labute approximate surface area is 121 Å². The third kappa shape index (κ3) is 3.64. The Hall–Kier alpha value is -1.19. The lowest BCUT2D eigenvalue weighted by Gasteiger charge is -2.14. The minimum atomic E-state index is -0.325. The molecule has 0 radical (unpaired) electrons. The summed E-state index contributed by atoms with van der Waals surface area (Å²) in [4.78, 5) is 0. The van der Waals surface area contributed by atoms with Crippen molar-refractivity contribution in [1.29, 1.82) is 0 Å². The van der Waals surface area contributed by atoms with E-state index in [4.69, 9.17) is 5.73 Å². The molecule has 0 aliphatic carbocycles. The molecule has 0 spiro atoms. The predicted molar refractivity (Wildman–Crippen MR) is 80.6 cm³/mol. The van der Waals surface area contributed by atoms with Gasteiger partial charge in [0.15, 0.2) is 0 Å². The van der Waals surface area contributed by atoms with Gasteiger partial charge in [0.2, 0.25) is 0 Å². The summed E-state index contributed by atoms with van der Waals surface area (Å²) in [5, 5.41) is 0. The van der Waals surface area contributed by atoms with Crippen LogP contribution in [0.15, 0.2) is 40.9 Å². The van der Waals surface area contributed by atoms with E-state index >= 15 is 0 Å². The summed E-state index contributed by atoms with van der Waals surface area (Å²) in [7, 11) is 0. The molecule has 2 aromatic carbocycles. The number of nitrogens with two attached hydrogens (primary N) is 1. The molecule has 3 heteroatoms. The van der Waals surface area contributed by atoms with Crippen LogP contribution in [-0.2, 0) is 6.42 Å². The average Bonchev–Trinajstić information content (AvgIpc) is 2.26. The summed E-state index contributed by atoms with van der Waals surface area (Å²) >= 11 is 3.25. The number of aryl methyl sites for hydroxylation is 2. The van der Waals surface area contributed by atoms with Gasteiger partial charge in [0.25, 0.3) is 0 Å². The Bertz CT molecular complexity index is 575. The standard InChI is InChI=1S/C16H17BrFN/c1-10-5-11(2)7-12(6-10)8-16(19)14-4-3-13(17)9-15(14)18/h3-7,9,16H,8,19H2,1-2H3. The Morgan fingerprint density at radius 1 is 1.11 bits per heavy atom. The first-order valence-electron chi connectivity index (χ1n) is 6.23. The van der Waals surface area contributed by atoms with Gasteiger partial charge in [0.05, 0.1) is 0 Å². The summed E-state index contributed by atoms with van der Waals surface area (Å²) in [6.45, 7) is 4.12. The largest absolute Gasteiger partial charge is 0.324 e. The van der Waals surface area contributed by atoms with Gasteiger partial charge in [0, 0.05) is 16.1 Å². The van der Waals surface area contributed by atoms with E-state index in [2.05, 4.69) is 48.0 Å². The zero-order chi connectivity index (χ0) is 14.0. The first kappa shape index (κ1) is 14.2. The molecule has 100 valence electrons. The molecular weight excluding hydrogens is 305 g/mol. The molecule has 1 unspecified atom stereocenters. The Kier molecular flexibility index (Phi) is 4.38. The summed E-state index contributed by atoms with van der Waals surface area (Å²) in [5.74, 6) is -0.258. The predicted octanol–water partition coefficient (Wildman–Crippen LogP) is 4.45. The fraction of sp³-hybridized carbons (Fsp3) is 0.250. The summed E-state index contributed by atoms with van der Waals surface area (Å²) in [6.07, 6.45) is 0.640. The average molecular weight is 322 g/mol. The second-order valence-electron chi connectivity index (χ2n) is 4.97. The maximum absolute atomic E-state index is 13.9. The van der Waals surface area contributed by atoms with Crippen molar-refractivity contribution in [1.82, 2.24) is 0 Å². The van der Waals surface area contributed by atoms with Crippen LogP contribution in [0.3, 0.4) is 0 Å². The van der Waals surface area contributed by atoms with E-state index in [1.165, 1.54) is 17.2 Å². The highest BCUT2D eigenvalue weighted by atomic mass is 79.9. The number of rotatable bonds is 3. The molecule has 0 heterocycles. The van der Waals surface area contributed by atoms with Crippen LogP contribution in [0.25, 0.3) is 0 Å². The molecule has 1 nitrogen and oxygen atoms in total. The minimum absolute atomic E-state index is 0.258. The first-order chi connectivity index (χ1) is 8.95. The Balaban J connectivity index is 2.22. The van der Waals surface area contributed by atoms with Crippen molar-refractivity contribution in [3.63, 3.8) is 0 Å². The molecule has 1 atom stereocenters. The molecule has 2 aromatic rings. The van der Waals surface area contributed by atoms with Crippen LogP contribution in [0.5, 0.6) is 0 Å². The first-order valence-corrected chi connectivity index (χ1v) is 7.02. The van der Waals surface area contributed by atoms with Crippen LogP contribution in [0, 0.1) is 19.7 Å². The van der Waals surface area contributed by atoms with Gasteiger partial charge in [-0.25, -0.2) is 4.39 Å². The van der Waals surface area contributed by atoms with E-state index in [9.17, 15) is 4.39 Å². The molecule has 0 fully saturated rings. The quantitative estimate of drug-likeness (QED) is 0.888. The highest BCUT2D eigenvalue weighted by Crippen LogP contribution is 2.23. The van der Waals surface area contributed by atoms with Crippen LogP contribution >= 0.6 is 15.9 Å². The van der Waals surface area contributed by atoms with E-state index in [-0.39, 0.29) is 11.9 Å². The number of benzene rings is 2. The van der Waals surface area contributed by atoms with E-state index in [0.717, 1.165) is 10.0 Å². The summed E-state index contributed by atoms with van der Waals surface area (Å²) in [6, 6.07) is 11.0. The minimum Gasteiger partial charge on any atom is -0.324 e. The van der Waals surface area contributed by atoms with Crippen molar-refractivity contribution in [2.75, 3.05) is 0 Å². The monoisotopic (exact) mass is 321 g/mol. The van der Waals surface area contributed by atoms with Crippen LogP contribution in [0.1, 0.15) is 28.3 Å². The second kappa shape index (κ2) is 5.85. The number of hydrogen-bond acceptors (Lipinski definition) is 1. The van der Waals surface area contributed by atoms with Gasteiger partial charge in [0.1, 0.15) is 5.82 Å². The molecule has 0 aliphatic rings. The van der Waals surface area contributed by atoms with Crippen LogP contribution in [0.4, 0.5) is 4.39 Å². The lowest BCUT2D eigenvalue weighted by atomic mass is 9.97. The van der Waals surface area contributed by atoms with Gasteiger partial charge in [-0.3, -0.25) is 0 Å². The summed E-state index contributed by atoms with van der Waals surface area (Å²) < 4.78 is 14.6. The van der Waals surface area contributed by atoms with E-state index in [1.807, 2.05) is 6.07 Å². The van der Waals surface area contributed by atoms with Gasteiger partial charge >= 0.3 is 0 Å². The molecule has 0 saturated carbocycles. The third-order valence-corrected chi connectivity index (χ3v) is 3.59. The molecule has 0 bridgehead atoms. The smallest absolute Gasteiger partial charge is 0.129 e. The molecular formula is C16H17BrFN. The van der Waals surface area contributed by atoms with Gasteiger partial charge in [-0.15, -0.1) is 0 Å². The number of halogens is 2. The topological polar surface area (TPSA) is 26.0 Å². The molecule has 2 rings (SSSR count). The van der Waals surface area contributed by atoms with Crippen molar-refractivity contribution in [3.8, 4) is 0 Å². The fourth-order valence-corrected chi connectivity index (χ4v) is 2.69. The zero-order valence-corrected chi connectivity index (χ0v) is 12.7. The third-order valence-electron chi connectivity index (χ3n) is 3.10. The maximum atomic E-state index is 13.9. The molecule has 0 saturated heterocycles. The van der Waals surface area contributed by atoms with Gasteiger partial charge in [-0.05, 0) is 38.0 Å². The highest BCUT2D eigenvalue weighted by molar-refractivity contribution is 9.10. The van der Waals surface area contributed by atoms with Gasteiger partial charge in [-0.2, -0.15) is 0 Å². The fourth-order valence-electron chi connectivity index (χ4n) is 2.35. The lowest BCUT2D eigenvalue weighted by Crippen LogP contribution is -2.15. The van der Waals surface area contributed by atoms with Crippen molar-refractivity contribution >= 4 is 15.9 Å². The maximum Gasteiger partial charge on any atom is 0.129 e. The van der Waals surface area contributed by atoms with E-state index in [1.54, 1.807) is 6.07 Å². The number of hydrogen-bond donors (Lipinski definition) is 1. The molecule has 0 aliphatic heterocycles. The van der Waals surface area contributed by atoms with Crippen molar-refractivity contribution in [2.45, 2.75) is 26.3 Å². The SMILES string of the molecule is Cc1cc(C)cc(CC(N)c2ccc(Br)cc2F)c1. The van der Waals surface area contributed by atoms with Crippen molar-refractivity contribution in [2.24, 2.45) is 5.73 Å². The molecule has 19 heavy (non-hydrogen) atoms. The van der Waals surface area contributed by atoms with Gasteiger partial charge < -0.3 is 5.73 Å². The Morgan fingerprint density at radius 3 is 2.32 bits per heavy atom. The van der Waals surface area contributed by atoms with Crippen LogP contribution < -0.4 is 5.73 Å². The normalized spacial score (nSPS) is 12.5. The van der Waals surface area contributed by atoms with Crippen molar-refractivity contribution < 1.29 is 4.39 Å². The zero-order valence-electron chi connectivity index (χ0n) is 11.1. The van der Waals surface area contributed by atoms with Crippen LogP contribution in [-0.4, -0.2) is 0 Å². The van der Waals surface area contributed by atoms with Gasteiger partial charge in [-0.1, -0.05) is 51.3 Å². The second-order valence-corrected chi connectivity index (χ2v) is 5.89. The van der Waals surface area contributed by atoms with Crippen LogP contribution in [0.2, 0.25) is 0 Å². The lowest BCUT2D eigenvalue weighted by molar-refractivity contribution is 0.579. The Morgan fingerprint density at radius 2 is 1.74 bits per heavy atom. The molecule has 2 N–H and O–H groups in total. The molecule has 0 amide bonds. The van der Waals surface area contributed by atoms with Crippen molar-refractivity contribution in [3.05, 3.63) is 68.9 Å². The van der Waals surface area contributed by atoms with E-state index in [0.29, 0.717) is 12.0 Å². The highest BCUT2D eigenvalue weighted by Gasteiger charge is 2.12. The molecule has 0 aromatic heterocycles.